The highest BCUT2D eigenvalue weighted by Gasteiger charge is 2.49. The Morgan fingerprint density at radius 2 is 1.62 bits per heavy atom. The van der Waals surface area contributed by atoms with E-state index >= 15 is 0 Å². The zero-order valence-electron chi connectivity index (χ0n) is 19.1. The van der Waals surface area contributed by atoms with Crippen LogP contribution in [-0.4, -0.2) is 42.3 Å². The maximum Gasteiger partial charge on any atom is 0.407 e. The molecule has 34 heavy (non-hydrogen) atoms. The molecule has 2 aromatic rings. The predicted octanol–water partition coefficient (Wildman–Crippen LogP) is 4.06. The summed E-state index contributed by atoms with van der Waals surface area (Å²) in [5.74, 6) is -1.07. The van der Waals surface area contributed by atoms with Gasteiger partial charge in [0.05, 0.1) is 6.42 Å². The lowest BCUT2D eigenvalue weighted by molar-refractivity contribution is -0.140. The minimum absolute atomic E-state index is 0.103. The molecule has 0 bridgehead atoms. The second-order valence-corrected chi connectivity index (χ2v) is 9.83. The Balaban J connectivity index is 1.20. The smallest absolute Gasteiger partial charge is 0.407 e. The molecule has 0 radical (unpaired) electrons. The fourth-order valence-electron chi connectivity index (χ4n) is 5.61. The van der Waals surface area contributed by atoms with Gasteiger partial charge in [0.15, 0.2) is 0 Å². The van der Waals surface area contributed by atoms with Gasteiger partial charge in [-0.3, -0.25) is 9.59 Å². The van der Waals surface area contributed by atoms with Crippen LogP contribution in [-0.2, 0) is 14.3 Å². The molecule has 2 amide bonds. The van der Waals surface area contributed by atoms with Gasteiger partial charge < -0.3 is 20.5 Å². The van der Waals surface area contributed by atoms with Crippen LogP contribution in [0.3, 0.4) is 0 Å². The molecule has 7 nitrogen and oxygen atoms in total. The zero-order chi connectivity index (χ0) is 23.7. The Labute approximate surface area is 198 Å². The first-order valence-corrected chi connectivity index (χ1v) is 12.1. The maximum absolute atomic E-state index is 12.8. The lowest BCUT2D eigenvalue weighted by Crippen LogP contribution is -2.52. The predicted molar refractivity (Wildman–Crippen MR) is 126 cm³/mol. The second kappa shape index (κ2) is 9.12. The first-order chi connectivity index (χ1) is 16.5. The molecule has 178 valence electrons. The molecule has 0 spiro atoms. The summed E-state index contributed by atoms with van der Waals surface area (Å²) in [6.45, 7) is 0.644. The Kier molecular flexibility index (Phi) is 6.02. The fourth-order valence-corrected chi connectivity index (χ4v) is 5.61. The van der Waals surface area contributed by atoms with Crippen molar-refractivity contribution in [1.82, 2.24) is 10.6 Å². The van der Waals surface area contributed by atoms with Crippen molar-refractivity contribution in [3.05, 3.63) is 59.7 Å². The molecular formula is C27H30N2O5. The third-order valence-corrected chi connectivity index (χ3v) is 7.74. The van der Waals surface area contributed by atoms with Crippen molar-refractivity contribution in [2.75, 3.05) is 13.2 Å². The van der Waals surface area contributed by atoms with Crippen molar-refractivity contribution in [2.24, 2.45) is 11.3 Å². The minimum Gasteiger partial charge on any atom is -0.481 e. The van der Waals surface area contributed by atoms with Gasteiger partial charge in [-0.1, -0.05) is 55.0 Å². The fraction of sp³-hybridized carbons (Fsp3) is 0.444. The minimum atomic E-state index is -1.18. The number of hydrogen-bond donors (Lipinski definition) is 3. The molecule has 1 atom stereocenters. The van der Waals surface area contributed by atoms with Gasteiger partial charge in [0.2, 0.25) is 5.91 Å². The first kappa shape index (κ1) is 22.4. The SMILES string of the molecule is O=C(O)CC(NC(=O)OCC1c2ccccc2-c2ccccc21)C(=O)NCC1(C2CC2)CCC1. The van der Waals surface area contributed by atoms with Crippen molar-refractivity contribution in [3.63, 3.8) is 0 Å². The Morgan fingerprint density at radius 3 is 2.15 bits per heavy atom. The molecule has 3 aliphatic rings. The van der Waals surface area contributed by atoms with E-state index in [0.717, 1.165) is 35.1 Å². The molecule has 0 aromatic heterocycles. The van der Waals surface area contributed by atoms with E-state index in [1.165, 1.54) is 19.3 Å². The summed E-state index contributed by atoms with van der Waals surface area (Å²) in [5, 5.41) is 14.7. The number of carboxylic acids is 1. The first-order valence-electron chi connectivity index (χ1n) is 12.1. The molecule has 2 aromatic carbocycles. The summed E-state index contributed by atoms with van der Waals surface area (Å²) < 4.78 is 5.50. The number of fused-ring (bicyclic) bond motifs is 3. The van der Waals surface area contributed by atoms with Crippen LogP contribution in [0.5, 0.6) is 0 Å². The van der Waals surface area contributed by atoms with Gasteiger partial charge >= 0.3 is 12.1 Å². The normalized spacial score (nSPS) is 18.7. The molecule has 5 rings (SSSR count). The van der Waals surface area contributed by atoms with Crippen molar-refractivity contribution in [1.29, 1.82) is 0 Å². The largest absolute Gasteiger partial charge is 0.481 e. The number of ether oxygens (including phenoxy) is 1. The van der Waals surface area contributed by atoms with E-state index in [1.54, 1.807) is 0 Å². The number of carboxylic acid groups (broad SMARTS) is 1. The van der Waals surface area contributed by atoms with Crippen molar-refractivity contribution >= 4 is 18.0 Å². The van der Waals surface area contributed by atoms with Crippen LogP contribution in [0.25, 0.3) is 11.1 Å². The second-order valence-electron chi connectivity index (χ2n) is 9.83. The van der Waals surface area contributed by atoms with E-state index < -0.39 is 30.4 Å². The van der Waals surface area contributed by atoms with Crippen LogP contribution in [0.4, 0.5) is 4.79 Å². The summed E-state index contributed by atoms with van der Waals surface area (Å²) in [6.07, 6.45) is 4.49. The zero-order valence-corrected chi connectivity index (χ0v) is 19.1. The van der Waals surface area contributed by atoms with E-state index in [0.29, 0.717) is 12.5 Å². The average molecular weight is 463 g/mol. The molecule has 0 saturated heterocycles. The Hall–Kier alpha value is -3.35. The molecule has 0 aliphatic heterocycles. The summed E-state index contributed by atoms with van der Waals surface area (Å²) in [7, 11) is 0. The lowest BCUT2D eigenvalue weighted by atomic mass is 9.65. The molecular weight excluding hydrogens is 432 g/mol. The van der Waals surface area contributed by atoms with Gasteiger partial charge in [-0.15, -0.1) is 0 Å². The van der Waals surface area contributed by atoms with Crippen molar-refractivity contribution in [3.8, 4) is 11.1 Å². The number of aliphatic carboxylic acids is 1. The highest BCUT2D eigenvalue weighted by molar-refractivity contribution is 5.89. The number of rotatable bonds is 9. The molecule has 3 N–H and O–H groups in total. The number of carbonyl (C=O) groups is 3. The molecule has 2 saturated carbocycles. The van der Waals surface area contributed by atoms with Gasteiger partial charge in [0, 0.05) is 12.5 Å². The molecule has 1 unspecified atom stereocenters. The summed E-state index contributed by atoms with van der Waals surface area (Å²) >= 11 is 0. The number of carbonyl (C=O) groups excluding carboxylic acids is 2. The highest BCUT2D eigenvalue weighted by Crippen LogP contribution is 2.56. The number of alkyl carbamates (subject to hydrolysis) is 1. The van der Waals surface area contributed by atoms with E-state index in [-0.39, 0.29) is 17.9 Å². The van der Waals surface area contributed by atoms with E-state index in [4.69, 9.17) is 4.74 Å². The third kappa shape index (κ3) is 4.39. The monoisotopic (exact) mass is 462 g/mol. The Morgan fingerprint density at radius 1 is 1.00 bits per heavy atom. The number of nitrogens with one attached hydrogen (secondary N) is 2. The van der Waals surface area contributed by atoms with Gasteiger partial charge in [0.1, 0.15) is 12.6 Å². The van der Waals surface area contributed by atoms with Gasteiger partial charge in [-0.25, -0.2) is 4.79 Å². The van der Waals surface area contributed by atoms with E-state index in [9.17, 15) is 19.5 Å². The summed E-state index contributed by atoms with van der Waals surface area (Å²) in [6, 6.07) is 14.9. The average Bonchev–Trinajstić information content (AvgIpc) is 3.59. The van der Waals surface area contributed by atoms with Gasteiger partial charge in [0.25, 0.3) is 0 Å². The van der Waals surface area contributed by atoms with Crippen LogP contribution in [0.15, 0.2) is 48.5 Å². The number of benzene rings is 2. The lowest BCUT2D eigenvalue weighted by Gasteiger charge is -2.43. The summed E-state index contributed by atoms with van der Waals surface area (Å²) in [5.41, 5.74) is 4.57. The molecule has 3 aliphatic carbocycles. The molecule has 0 heterocycles. The van der Waals surface area contributed by atoms with E-state index in [2.05, 4.69) is 22.8 Å². The van der Waals surface area contributed by atoms with Crippen LogP contribution in [0.1, 0.15) is 55.6 Å². The third-order valence-electron chi connectivity index (χ3n) is 7.74. The van der Waals surface area contributed by atoms with Gasteiger partial charge in [-0.05, 0) is 59.3 Å². The van der Waals surface area contributed by atoms with Gasteiger partial charge in [-0.2, -0.15) is 0 Å². The standard InChI is InChI=1S/C27H30N2O5/c30-24(31)14-23(25(32)28-16-27(12-5-13-27)17-10-11-17)29-26(33)34-15-22-20-8-3-1-6-18(20)19-7-2-4-9-21(19)22/h1-4,6-9,17,22-23H,5,10-16H2,(H,28,32)(H,29,33)(H,30,31). The summed E-state index contributed by atoms with van der Waals surface area (Å²) in [4.78, 5) is 36.7. The number of amides is 2. The topological polar surface area (TPSA) is 105 Å². The van der Waals surface area contributed by atoms with Crippen molar-refractivity contribution in [2.45, 2.75) is 50.5 Å². The van der Waals surface area contributed by atoms with Crippen molar-refractivity contribution < 1.29 is 24.2 Å². The number of hydrogen-bond acceptors (Lipinski definition) is 4. The quantitative estimate of drug-likeness (QED) is 0.521. The van der Waals surface area contributed by atoms with Crippen LogP contribution < -0.4 is 10.6 Å². The highest BCUT2D eigenvalue weighted by atomic mass is 16.5. The van der Waals surface area contributed by atoms with Crippen LogP contribution >= 0.6 is 0 Å². The molecule has 2 fully saturated rings. The maximum atomic E-state index is 12.8. The van der Waals surface area contributed by atoms with Crippen LogP contribution in [0, 0.1) is 11.3 Å². The molecule has 7 heteroatoms. The van der Waals surface area contributed by atoms with E-state index in [1.807, 2.05) is 36.4 Å². The van der Waals surface area contributed by atoms with Crippen LogP contribution in [0.2, 0.25) is 0 Å². The Bertz CT molecular complexity index is 1060.